The van der Waals surface area contributed by atoms with Crippen LogP contribution in [0.2, 0.25) is 0 Å². The van der Waals surface area contributed by atoms with E-state index in [0.29, 0.717) is 23.1 Å². The van der Waals surface area contributed by atoms with Crippen molar-refractivity contribution in [2.45, 2.75) is 51.9 Å². The van der Waals surface area contributed by atoms with Crippen molar-refractivity contribution in [2.75, 3.05) is 14.1 Å². The molecular weight excluding hydrogens is 366 g/mol. The summed E-state index contributed by atoms with van der Waals surface area (Å²) in [5, 5.41) is 11.4. The Hall–Kier alpha value is -2.66. The van der Waals surface area contributed by atoms with Gasteiger partial charge < -0.3 is 9.94 Å². The number of carbonyl (C=O) groups excluding carboxylic acids is 2. The summed E-state index contributed by atoms with van der Waals surface area (Å²) in [4.78, 5) is 31.0. The van der Waals surface area contributed by atoms with E-state index in [4.69, 9.17) is 4.84 Å². The number of ketones is 1. The molecule has 0 aliphatic heterocycles. The van der Waals surface area contributed by atoms with Gasteiger partial charge in [0, 0.05) is 19.7 Å². The highest BCUT2D eigenvalue weighted by atomic mass is 16.7. The van der Waals surface area contributed by atoms with Gasteiger partial charge in [0.05, 0.1) is 11.1 Å². The van der Waals surface area contributed by atoms with Crippen LogP contribution in [-0.2, 0) is 11.3 Å². The van der Waals surface area contributed by atoms with Gasteiger partial charge in [-0.1, -0.05) is 63.3 Å². The first-order chi connectivity index (χ1) is 14.0. The van der Waals surface area contributed by atoms with E-state index >= 15 is 0 Å². The molecule has 0 heterocycles. The molecule has 0 aliphatic carbocycles. The van der Waals surface area contributed by atoms with Crippen molar-refractivity contribution in [1.82, 2.24) is 5.06 Å². The number of para-hydroxylation sites is 1. The van der Waals surface area contributed by atoms with Gasteiger partial charge in [0.15, 0.2) is 5.78 Å². The lowest BCUT2D eigenvalue weighted by Crippen LogP contribution is -2.21. The Bertz CT molecular complexity index is 829. The Morgan fingerprint density at radius 1 is 0.862 bits per heavy atom. The Balaban J connectivity index is 2.32. The van der Waals surface area contributed by atoms with Crippen LogP contribution in [0, 0.1) is 0 Å². The van der Waals surface area contributed by atoms with Gasteiger partial charge in [-0.3, -0.25) is 4.79 Å². The quantitative estimate of drug-likeness (QED) is 0.322. The minimum absolute atomic E-state index is 0.0655. The molecule has 0 amide bonds. The van der Waals surface area contributed by atoms with E-state index in [1.807, 2.05) is 0 Å². The van der Waals surface area contributed by atoms with Gasteiger partial charge >= 0.3 is 5.97 Å². The summed E-state index contributed by atoms with van der Waals surface area (Å²) < 4.78 is 0. The normalized spacial score (nSPS) is 10.9. The van der Waals surface area contributed by atoms with Crippen molar-refractivity contribution < 1.29 is 19.5 Å². The molecule has 0 unspecified atom stereocenters. The van der Waals surface area contributed by atoms with Crippen LogP contribution in [0.5, 0.6) is 5.75 Å². The number of aromatic hydroxyl groups is 1. The Morgan fingerprint density at radius 2 is 1.48 bits per heavy atom. The van der Waals surface area contributed by atoms with Crippen LogP contribution in [0.15, 0.2) is 42.5 Å². The Labute approximate surface area is 173 Å². The molecule has 2 aromatic carbocycles. The largest absolute Gasteiger partial charge is 0.507 e. The first-order valence-corrected chi connectivity index (χ1v) is 10.3. The molecule has 5 heteroatoms. The zero-order valence-corrected chi connectivity index (χ0v) is 17.6. The molecule has 0 aromatic heterocycles. The fraction of sp³-hybridized carbons (Fsp3) is 0.417. The van der Waals surface area contributed by atoms with Gasteiger partial charge in [-0.05, 0) is 36.6 Å². The molecule has 0 bridgehead atoms. The number of rotatable bonds is 11. The van der Waals surface area contributed by atoms with Gasteiger partial charge in [-0.2, -0.15) is 0 Å². The number of hydroxylamine groups is 2. The van der Waals surface area contributed by atoms with Crippen molar-refractivity contribution in [3.63, 3.8) is 0 Å². The van der Waals surface area contributed by atoms with E-state index in [-0.39, 0.29) is 17.1 Å². The van der Waals surface area contributed by atoms with Gasteiger partial charge in [-0.25, -0.2) is 4.79 Å². The van der Waals surface area contributed by atoms with Gasteiger partial charge in [-0.15, -0.1) is 5.06 Å². The molecule has 0 spiro atoms. The standard InChI is InChI=1S/C24H31NO4/c1-4-5-6-7-8-9-13-18-19(23(27)21-14-10-11-17-22(21)26)15-12-16-20(18)24(28)29-25(2)3/h10-12,14-17,26H,4-9,13H2,1-3H3. The molecule has 29 heavy (non-hydrogen) atoms. The molecule has 5 nitrogen and oxygen atoms in total. The first kappa shape index (κ1) is 22.6. The highest BCUT2D eigenvalue weighted by Crippen LogP contribution is 2.26. The molecule has 2 aromatic rings. The molecule has 0 fully saturated rings. The number of unbranched alkanes of at least 4 members (excludes halogenated alkanes) is 5. The van der Waals surface area contributed by atoms with Gasteiger partial charge in [0.1, 0.15) is 5.75 Å². The highest BCUT2D eigenvalue weighted by Gasteiger charge is 2.22. The highest BCUT2D eigenvalue weighted by molar-refractivity contribution is 6.12. The van der Waals surface area contributed by atoms with E-state index in [9.17, 15) is 14.7 Å². The monoisotopic (exact) mass is 397 g/mol. The summed E-state index contributed by atoms with van der Waals surface area (Å²) in [6, 6.07) is 11.6. The second-order valence-electron chi connectivity index (χ2n) is 7.39. The number of nitrogens with zero attached hydrogens (tertiary/aromatic N) is 1. The predicted octanol–water partition coefficient (Wildman–Crippen LogP) is 5.16. The summed E-state index contributed by atoms with van der Waals surface area (Å²) in [6.45, 7) is 2.18. The van der Waals surface area contributed by atoms with Crippen molar-refractivity contribution >= 4 is 11.8 Å². The number of hydrogen-bond donors (Lipinski definition) is 1. The Kier molecular flexibility index (Phi) is 8.87. The maximum Gasteiger partial charge on any atom is 0.357 e. The van der Waals surface area contributed by atoms with E-state index < -0.39 is 5.97 Å². The lowest BCUT2D eigenvalue weighted by Gasteiger charge is -2.16. The average Bonchev–Trinajstić information content (AvgIpc) is 2.70. The molecule has 1 N–H and O–H groups in total. The lowest BCUT2D eigenvalue weighted by molar-refractivity contribution is -0.0714. The molecule has 0 aliphatic rings. The zero-order chi connectivity index (χ0) is 21.2. The summed E-state index contributed by atoms with van der Waals surface area (Å²) >= 11 is 0. The topological polar surface area (TPSA) is 66.8 Å². The van der Waals surface area contributed by atoms with Crippen LogP contribution in [0.3, 0.4) is 0 Å². The van der Waals surface area contributed by atoms with Gasteiger partial charge in [0.25, 0.3) is 0 Å². The Morgan fingerprint density at radius 3 is 2.17 bits per heavy atom. The number of carbonyl (C=O) groups is 2. The van der Waals surface area contributed by atoms with E-state index in [1.54, 1.807) is 50.5 Å². The summed E-state index contributed by atoms with van der Waals surface area (Å²) in [5.41, 5.74) is 1.75. The minimum atomic E-state index is -0.483. The maximum absolute atomic E-state index is 13.1. The summed E-state index contributed by atoms with van der Waals surface area (Å²) in [6.07, 6.45) is 7.30. The van der Waals surface area contributed by atoms with Crippen molar-refractivity contribution in [3.8, 4) is 5.75 Å². The second-order valence-corrected chi connectivity index (χ2v) is 7.39. The smallest absolute Gasteiger partial charge is 0.357 e. The lowest BCUT2D eigenvalue weighted by atomic mass is 9.91. The van der Waals surface area contributed by atoms with Crippen LogP contribution in [0.4, 0.5) is 0 Å². The number of benzene rings is 2. The SMILES string of the molecule is CCCCCCCCc1c(C(=O)ON(C)C)cccc1C(=O)c1ccccc1O. The molecule has 0 saturated carbocycles. The third-order valence-electron chi connectivity index (χ3n) is 4.84. The van der Waals surface area contributed by atoms with Crippen molar-refractivity contribution in [2.24, 2.45) is 0 Å². The molecular formula is C24H31NO4. The molecule has 0 saturated heterocycles. The van der Waals surface area contributed by atoms with Crippen LogP contribution in [0.1, 0.15) is 77.3 Å². The summed E-state index contributed by atoms with van der Waals surface area (Å²) in [7, 11) is 3.28. The van der Waals surface area contributed by atoms with Crippen molar-refractivity contribution in [1.29, 1.82) is 0 Å². The number of phenolic OH excluding ortho intramolecular Hbond substituents is 1. The number of phenols is 1. The van der Waals surface area contributed by atoms with Crippen LogP contribution >= 0.6 is 0 Å². The molecule has 2 rings (SSSR count). The van der Waals surface area contributed by atoms with Crippen molar-refractivity contribution in [3.05, 3.63) is 64.7 Å². The van der Waals surface area contributed by atoms with Crippen LogP contribution < -0.4 is 0 Å². The maximum atomic E-state index is 13.1. The summed E-state index contributed by atoms with van der Waals surface area (Å²) in [5.74, 6) is -0.837. The average molecular weight is 398 g/mol. The molecule has 0 radical (unpaired) electrons. The van der Waals surface area contributed by atoms with Crippen LogP contribution in [0.25, 0.3) is 0 Å². The first-order valence-electron chi connectivity index (χ1n) is 10.3. The fourth-order valence-corrected chi connectivity index (χ4v) is 3.37. The fourth-order valence-electron chi connectivity index (χ4n) is 3.37. The van der Waals surface area contributed by atoms with E-state index in [1.165, 1.54) is 30.4 Å². The number of hydrogen-bond acceptors (Lipinski definition) is 5. The predicted molar refractivity (Wildman–Crippen MR) is 114 cm³/mol. The van der Waals surface area contributed by atoms with E-state index in [0.717, 1.165) is 19.3 Å². The molecule has 156 valence electrons. The second kappa shape index (κ2) is 11.4. The minimum Gasteiger partial charge on any atom is -0.507 e. The van der Waals surface area contributed by atoms with E-state index in [2.05, 4.69) is 6.92 Å². The third kappa shape index (κ3) is 6.43. The van der Waals surface area contributed by atoms with Crippen LogP contribution in [-0.4, -0.2) is 36.0 Å². The molecule has 0 atom stereocenters. The van der Waals surface area contributed by atoms with Gasteiger partial charge in [0.2, 0.25) is 0 Å². The third-order valence-corrected chi connectivity index (χ3v) is 4.84. The zero-order valence-electron chi connectivity index (χ0n) is 17.6.